The lowest BCUT2D eigenvalue weighted by Gasteiger charge is -2.10. The van der Waals surface area contributed by atoms with E-state index in [9.17, 15) is 9.18 Å². The number of halogens is 3. The Kier molecular flexibility index (Phi) is 3.91. The Morgan fingerprint density at radius 3 is 2.65 bits per heavy atom. The van der Waals surface area contributed by atoms with Crippen molar-refractivity contribution >= 4 is 35.0 Å². The number of nitrogens with zero attached hydrogens (tertiary/aromatic N) is 2. The normalized spacial score (nSPS) is 10.3. The molecule has 2 rings (SSSR count). The maximum atomic E-state index is 14.0. The standard InChI is InChI=1S/C11H6Cl2FN3O3/c12-5-2-1-4(3-16-5)9-7(14)8(15)6(13)10(17-9)20-11(18)19/h1-3H,(H2,15,17)(H,18,19). The van der Waals surface area contributed by atoms with E-state index in [0.717, 1.165) is 0 Å². The highest BCUT2D eigenvalue weighted by atomic mass is 35.5. The van der Waals surface area contributed by atoms with Gasteiger partial charge in [-0.05, 0) is 12.1 Å². The van der Waals surface area contributed by atoms with E-state index in [-0.39, 0.29) is 16.4 Å². The number of rotatable bonds is 2. The predicted octanol–water partition coefficient (Wildman–Crippen LogP) is 3.23. The summed E-state index contributed by atoms with van der Waals surface area (Å²) < 4.78 is 18.4. The molecule has 0 radical (unpaired) electrons. The first-order valence-electron chi connectivity index (χ1n) is 5.07. The van der Waals surface area contributed by atoms with Crippen LogP contribution in [0, 0.1) is 5.82 Å². The van der Waals surface area contributed by atoms with Crippen LogP contribution in [0.1, 0.15) is 0 Å². The van der Waals surface area contributed by atoms with Crippen LogP contribution in [0.2, 0.25) is 10.2 Å². The van der Waals surface area contributed by atoms with Crippen LogP contribution in [0.3, 0.4) is 0 Å². The highest BCUT2D eigenvalue weighted by Gasteiger charge is 2.20. The Bertz CT molecular complexity index is 680. The van der Waals surface area contributed by atoms with E-state index < -0.39 is 28.6 Å². The molecule has 0 atom stereocenters. The maximum absolute atomic E-state index is 14.0. The largest absolute Gasteiger partial charge is 0.512 e. The zero-order valence-electron chi connectivity index (χ0n) is 9.60. The van der Waals surface area contributed by atoms with Crippen molar-refractivity contribution < 1.29 is 19.0 Å². The summed E-state index contributed by atoms with van der Waals surface area (Å²) in [4.78, 5) is 18.0. The van der Waals surface area contributed by atoms with Gasteiger partial charge in [0.2, 0.25) is 5.88 Å². The van der Waals surface area contributed by atoms with Crippen molar-refractivity contribution in [1.29, 1.82) is 0 Å². The fourth-order valence-corrected chi connectivity index (χ4v) is 1.67. The van der Waals surface area contributed by atoms with E-state index >= 15 is 0 Å². The van der Waals surface area contributed by atoms with Gasteiger partial charge >= 0.3 is 6.16 Å². The topological polar surface area (TPSA) is 98.3 Å². The molecule has 0 aliphatic rings. The number of aromatic nitrogens is 2. The lowest BCUT2D eigenvalue weighted by molar-refractivity contribution is 0.142. The summed E-state index contributed by atoms with van der Waals surface area (Å²) in [6, 6.07) is 2.86. The predicted molar refractivity (Wildman–Crippen MR) is 70.5 cm³/mol. The van der Waals surface area contributed by atoms with E-state index in [4.69, 9.17) is 34.0 Å². The molecule has 3 N–H and O–H groups in total. The Labute approximate surface area is 121 Å². The van der Waals surface area contributed by atoms with E-state index in [1.165, 1.54) is 18.3 Å². The number of hydrogen-bond donors (Lipinski definition) is 2. The third-order valence-corrected chi connectivity index (χ3v) is 2.86. The first-order chi connectivity index (χ1) is 9.40. The van der Waals surface area contributed by atoms with Crippen LogP contribution in [0.15, 0.2) is 18.3 Å². The number of pyridine rings is 2. The first kappa shape index (κ1) is 14.3. The molecule has 9 heteroatoms. The molecule has 2 heterocycles. The zero-order chi connectivity index (χ0) is 14.9. The molecular weight excluding hydrogens is 312 g/mol. The van der Waals surface area contributed by atoms with Gasteiger partial charge in [0.15, 0.2) is 5.82 Å². The number of nitrogens with two attached hydrogens (primary N) is 1. The summed E-state index contributed by atoms with van der Waals surface area (Å²) in [5.41, 5.74) is 4.99. The van der Waals surface area contributed by atoms with Gasteiger partial charge < -0.3 is 15.6 Å². The van der Waals surface area contributed by atoms with Crippen LogP contribution in [-0.4, -0.2) is 21.2 Å². The van der Waals surface area contributed by atoms with Gasteiger partial charge in [0, 0.05) is 11.8 Å². The van der Waals surface area contributed by atoms with E-state index in [1.807, 2.05) is 0 Å². The molecule has 104 valence electrons. The first-order valence-corrected chi connectivity index (χ1v) is 5.83. The average Bonchev–Trinajstić information content (AvgIpc) is 2.40. The zero-order valence-corrected chi connectivity index (χ0v) is 11.1. The molecule has 0 aliphatic carbocycles. The number of hydrogen-bond acceptors (Lipinski definition) is 5. The number of ether oxygens (including phenoxy) is 1. The second-order valence-corrected chi connectivity index (χ2v) is 4.31. The van der Waals surface area contributed by atoms with Gasteiger partial charge in [-0.25, -0.2) is 19.2 Å². The molecule has 20 heavy (non-hydrogen) atoms. The second kappa shape index (κ2) is 5.48. The Balaban J connectivity index is 2.60. The third kappa shape index (κ3) is 2.73. The van der Waals surface area contributed by atoms with Gasteiger partial charge in [-0.2, -0.15) is 0 Å². The summed E-state index contributed by atoms with van der Waals surface area (Å²) in [5.74, 6) is -1.42. The highest BCUT2D eigenvalue weighted by molar-refractivity contribution is 6.34. The van der Waals surface area contributed by atoms with Crippen molar-refractivity contribution in [3.63, 3.8) is 0 Å². The van der Waals surface area contributed by atoms with E-state index in [1.54, 1.807) is 0 Å². The highest BCUT2D eigenvalue weighted by Crippen LogP contribution is 2.35. The van der Waals surface area contributed by atoms with Crippen LogP contribution in [0.5, 0.6) is 5.88 Å². The van der Waals surface area contributed by atoms with Crippen LogP contribution >= 0.6 is 23.2 Å². The minimum Gasteiger partial charge on any atom is -0.449 e. The van der Waals surface area contributed by atoms with Crippen LogP contribution in [0.4, 0.5) is 14.9 Å². The molecule has 6 nitrogen and oxygen atoms in total. The lowest BCUT2D eigenvalue weighted by atomic mass is 10.1. The maximum Gasteiger partial charge on any atom is 0.512 e. The van der Waals surface area contributed by atoms with Crippen molar-refractivity contribution in [2.24, 2.45) is 0 Å². The van der Waals surface area contributed by atoms with E-state index in [2.05, 4.69) is 14.7 Å². The Morgan fingerprint density at radius 2 is 2.10 bits per heavy atom. The van der Waals surface area contributed by atoms with E-state index in [0.29, 0.717) is 0 Å². The molecule has 0 aliphatic heterocycles. The summed E-state index contributed by atoms with van der Waals surface area (Å²) in [7, 11) is 0. The molecule has 0 aromatic carbocycles. The van der Waals surface area contributed by atoms with Gasteiger partial charge in [-0.15, -0.1) is 0 Å². The van der Waals surface area contributed by atoms with Crippen molar-refractivity contribution in [1.82, 2.24) is 9.97 Å². The van der Waals surface area contributed by atoms with Gasteiger partial charge in [0.1, 0.15) is 15.9 Å². The summed E-state index contributed by atoms with van der Waals surface area (Å²) >= 11 is 11.3. The monoisotopic (exact) mass is 317 g/mol. The van der Waals surface area contributed by atoms with Crippen molar-refractivity contribution in [2.75, 3.05) is 5.73 Å². The van der Waals surface area contributed by atoms with Crippen LogP contribution in [0.25, 0.3) is 11.3 Å². The van der Waals surface area contributed by atoms with Gasteiger partial charge in [0.25, 0.3) is 0 Å². The molecule has 0 unspecified atom stereocenters. The van der Waals surface area contributed by atoms with Gasteiger partial charge in [0.05, 0.1) is 5.69 Å². The molecule has 0 saturated carbocycles. The smallest absolute Gasteiger partial charge is 0.449 e. The fraction of sp³-hybridized carbons (Fsp3) is 0. The molecule has 0 saturated heterocycles. The average molecular weight is 318 g/mol. The lowest BCUT2D eigenvalue weighted by Crippen LogP contribution is -2.08. The summed E-state index contributed by atoms with van der Waals surface area (Å²) in [5, 5.41) is 8.35. The van der Waals surface area contributed by atoms with Crippen LogP contribution in [-0.2, 0) is 0 Å². The van der Waals surface area contributed by atoms with Crippen molar-refractivity contribution in [3.05, 3.63) is 34.3 Å². The minimum absolute atomic E-state index is 0.207. The molecule has 2 aromatic heterocycles. The molecule has 2 aromatic rings. The molecule has 0 fully saturated rings. The van der Waals surface area contributed by atoms with Crippen LogP contribution < -0.4 is 10.5 Å². The van der Waals surface area contributed by atoms with Gasteiger partial charge in [-0.3, -0.25) is 0 Å². The Morgan fingerprint density at radius 1 is 1.40 bits per heavy atom. The second-order valence-electron chi connectivity index (χ2n) is 3.54. The molecule has 0 spiro atoms. The number of carbonyl (C=O) groups is 1. The fourth-order valence-electron chi connectivity index (χ4n) is 1.40. The minimum atomic E-state index is -1.65. The van der Waals surface area contributed by atoms with Crippen molar-refractivity contribution in [3.8, 4) is 17.1 Å². The number of carboxylic acid groups (broad SMARTS) is 1. The summed E-state index contributed by atoms with van der Waals surface area (Å²) in [6.07, 6.45) is -0.392. The third-order valence-electron chi connectivity index (χ3n) is 2.27. The molecular formula is C11H6Cl2FN3O3. The quantitative estimate of drug-likeness (QED) is 0.651. The number of anilines is 1. The Hall–Kier alpha value is -2.12. The SMILES string of the molecule is Nc1c(F)c(-c2ccc(Cl)nc2)nc(OC(=O)O)c1Cl. The summed E-state index contributed by atoms with van der Waals surface area (Å²) in [6.45, 7) is 0. The number of nitrogen functional groups attached to an aromatic ring is 1. The van der Waals surface area contributed by atoms with Crippen molar-refractivity contribution in [2.45, 2.75) is 0 Å². The molecule has 0 amide bonds. The molecule has 0 bridgehead atoms. The van der Waals surface area contributed by atoms with Gasteiger partial charge in [-0.1, -0.05) is 23.2 Å².